The second kappa shape index (κ2) is 13.7. The minimum Gasteiger partial charge on any atom is -0.497 e. The topological polar surface area (TPSA) is 129 Å². The summed E-state index contributed by atoms with van der Waals surface area (Å²) >= 11 is 0. The van der Waals surface area contributed by atoms with Crippen LogP contribution in [0.3, 0.4) is 0 Å². The van der Waals surface area contributed by atoms with Gasteiger partial charge in [0, 0.05) is 23.7 Å². The first-order chi connectivity index (χ1) is 23.4. The highest BCUT2D eigenvalue weighted by Crippen LogP contribution is 2.60. The molecule has 0 aromatic heterocycles. The summed E-state index contributed by atoms with van der Waals surface area (Å²) in [4.78, 5) is 45.2. The maximum absolute atomic E-state index is 15.1. The predicted octanol–water partition coefficient (Wildman–Crippen LogP) is 4.15. The molecule has 11 heteroatoms. The molecule has 3 aromatic carbocycles. The number of nitrogens with zero attached hydrogens (tertiary/aromatic N) is 2. The third kappa shape index (κ3) is 6.18. The lowest BCUT2D eigenvalue weighted by Gasteiger charge is -2.37. The summed E-state index contributed by atoms with van der Waals surface area (Å²) < 4.78 is 12.6. The molecule has 3 N–H and O–H groups in total. The third-order valence-corrected chi connectivity index (χ3v) is 15.3. The predicted molar refractivity (Wildman–Crippen MR) is 190 cm³/mol. The third-order valence-electron chi connectivity index (χ3n) is 10.9. The Morgan fingerprint density at radius 1 is 1.10 bits per heavy atom. The molecule has 3 aliphatic heterocycles. The second-order valence-corrected chi connectivity index (χ2v) is 18.9. The van der Waals surface area contributed by atoms with Gasteiger partial charge in [-0.05, 0) is 61.2 Å². The number of aliphatic hydroxyl groups is 2. The van der Waals surface area contributed by atoms with Crippen molar-refractivity contribution in [2.75, 3.05) is 30.5 Å². The molecule has 0 radical (unpaired) electrons. The molecule has 49 heavy (non-hydrogen) atoms. The van der Waals surface area contributed by atoms with Crippen LogP contribution in [0.1, 0.15) is 44.2 Å². The monoisotopic (exact) mass is 685 g/mol. The first-order valence-corrected chi connectivity index (χ1v) is 20.2. The number of methoxy groups -OCH3 is 1. The van der Waals surface area contributed by atoms with E-state index in [1.165, 1.54) is 6.92 Å². The smallest absolute Gasteiger partial charge is 0.264 e. The van der Waals surface area contributed by atoms with Gasteiger partial charge in [0.25, 0.3) is 11.8 Å². The molecule has 3 aromatic rings. The van der Waals surface area contributed by atoms with Crippen LogP contribution in [0.25, 0.3) is 0 Å². The van der Waals surface area contributed by atoms with Gasteiger partial charge >= 0.3 is 0 Å². The fourth-order valence-corrected chi connectivity index (χ4v) is 12.4. The Bertz CT molecular complexity index is 1700. The number of ether oxygens (including phenoxy) is 2. The van der Waals surface area contributed by atoms with Crippen LogP contribution in [0.2, 0.25) is 18.6 Å². The van der Waals surface area contributed by atoms with E-state index in [4.69, 9.17) is 9.47 Å². The van der Waals surface area contributed by atoms with Gasteiger partial charge in [0.05, 0.1) is 52.6 Å². The van der Waals surface area contributed by atoms with Gasteiger partial charge in [-0.25, -0.2) is 0 Å². The average Bonchev–Trinajstić information content (AvgIpc) is 3.76. The van der Waals surface area contributed by atoms with Gasteiger partial charge in [0.15, 0.2) is 5.60 Å². The number of likely N-dealkylation sites (tertiary alicyclic amines) is 1. The fraction of sp³-hybridized carbons (Fsp3) is 0.447. The molecule has 6 atom stereocenters. The van der Waals surface area contributed by atoms with Crippen LogP contribution >= 0.6 is 0 Å². The van der Waals surface area contributed by atoms with Crippen molar-refractivity contribution >= 4 is 42.4 Å². The summed E-state index contributed by atoms with van der Waals surface area (Å²) in [5.74, 6) is -0.444. The molecule has 6 rings (SSSR count). The lowest BCUT2D eigenvalue weighted by atomic mass is 9.82. The number of amides is 3. The van der Waals surface area contributed by atoms with E-state index in [1.807, 2.05) is 48.5 Å². The van der Waals surface area contributed by atoms with Crippen LogP contribution in [0.15, 0.2) is 72.8 Å². The van der Waals surface area contributed by atoms with Crippen LogP contribution in [-0.2, 0) is 31.3 Å². The molecule has 3 aliphatic rings. The Hall–Kier alpha value is -4.03. The van der Waals surface area contributed by atoms with Crippen LogP contribution in [-0.4, -0.2) is 79.4 Å². The normalized spacial score (nSPS) is 25.5. The van der Waals surface area contributed by atoms with Crippen molar-refractivity contribution < 1.29 is 34.1 Å². The van der Waals surface area contributed by atoms with E-state index in [-0.39, 0.29) is 42.3 Å². The molecule has 2 saturated heterocycles. The largest absolute Gasteiger partial charge is 0.497 e. The Labute approximate surface area is 289 Å². The van der Waals surface area contributed by atoms with Crippen molar-refractivity contribution in [3.05, 3.63) is 83.9 Å². The van der Waals surface area contributed by atoms with E-state index in [9.17, 15) is 19.8 Å². The van der Waals surface area contributed by atoms with Gasteiger partial charge in [-0.2, -0.15) is 0 Å². The molecule has 260 valence electrons. The van der Waals surface area contributed by atoms with Crippen LogP contribution in [0, 0.1) is 5.92 Å². The van der Waals surface area contributed by atoms with Crippen molar-refractivity contribution in [2.45, 2.75) is 82.1 Å². The quantitative estimate of drug-likeness (QED) is 0.274. The Kier molecular flexibility index (Phi) is 9.74. The van der Waals surface area contributed by atoms with Crippen molar-refractivity contribution in [3.63, 3.8) is 0 Å². The van der Waals surface area contributed by atoms with Crippen molar-refractivity contribution in [2.24, 2.45) is 5.92 Å². The minimum absolute atomic E-state index is 0.0829. The lowest BCUT2D eigenvalue weighted by molar-refractivity contribution is -0.150. The first-order valence-electron chi connectivity index (χ1n) is 17.1. The summed E-state index contributed by atoms with van der Waals surface area (Å²) in [5, 5.41) is 23.9. The van der Waals surface area contributed by atoms with Gasteiger partial charge in [-0.1, -0.05) is 67.7 Å². The SMILES string of the molecule is COc1ccc([Si](C)(C)[C@@H]2[C@@H](CC(=O)N3CCC[C@H]3CO)O[C@]3(C(=O)N(Cc4ccccc4)c4ccc(NC(=O)[C@H](C)O)cc43)[C@H]2C)cc1. The number of carbonyl (C=O) groups is 3. The molecule has 10 nitrogen and oxygen atoms in total. The number of anilines is 2. The molecular weight excluding hydrogens is 639 g/mol. The summed E-state index contributed by atoms with van der Waals surface area (Å²) in [6, 6.07) is 23.0. The zero-order valence-corrected chi connectivity index (χ0v) is 29.9. The maximum atomic E-state index is 15.1. The summed E-state index contributed by atoms with van der Waals surface area (Å²) in [7, 11) is -0.874. The van der Waals surface area contributed by atoms with E-state index < -0.39 is 31.8 Å². The number of nitrogens with one attached hydrogen (secondary N) is 1. The van der Waals surface area contributed by atoms with Crippen LogP contribution in [0.5, 0.6) is 5.75 Å². The summed E-state index contributed by atoms with van der Waals surface area (Å²) in [5.41, 5.74) is 1.13. The molecule has 2 fully saturated rings. The molecule has 3 amide bonds. The molecule has 3 heterocycles. The highest BCUT2D eigenvalue weighted by molar-refractivity contribution is 6.91. The number of rotatable bonds is 10. The molecule has 0 saturated carbocycles. The standard InChI is InChI=1S/C38H47N3O7Si/c1-24-35(49(4,5)30-16-14-29(47-3)15-17-30)33(21-34(44)40-19-9-12-28(40)23-42)48-38(24)31-20-27(39-36(45)25(2)43)13-18-32(31)41(37(38)46)22-26-10-7-6-8-11-26/h6-8,10-11,13-18,20,24-25,28,33,35,42-43H,9,12,19,21-23H2,1-5H3,(H,39,45)/t24-,25-,28-,33+,35-,38+/m0/s1. The zero-order valence-electron chi connectivity index (χ0n) is 28.9. The van der Waals surface area contributed by atoms with E-state index in [0.29, 0.717) is 30.0 Å². The van der Waals surface area contributed by atoms with Crippen LogP contribution < -0.4 is 20.1 Å². The summed E-state index contributed by atoms with van der Waals surface area (Å²) in [6.07, 6.45) is -0.135. The van der Waals surface area contributed by atoms with E-state index in [0.717, 1.165) is 29.3 Å². The highest BCUT2D eigenvalue weighted by Gasteiger charge is 2.66. The van der Waals surface area contributed by atoms with E-state index >= 15 is 4.79 Å². The number of benzene rings is 3. The van der Waals surface area contributed by atoms with Crippen molar-refractivity contribution in [1.29, 1.82) is 0 Å². The number of hydrogen-bond donors (Lipinski definition) is 3. The Balaban J connectivity index is 1.47. The average molecular weight is 686 g/mol. The summed E-state index contributed by atoms with van der Waals surface area (Å²) in [6.45, 7) is 8.82. The van der Waals surface area contributed by atoms with Gasteiger partial charge in [0.1, 0.15) is 11.9 Å². The van der Waals surface area contributed by atoms with Crippen LogP contribution in [0.4, 0.5) is 11.4 Å². The number of fused-ring (bicyclic) bond motifs is 2. The first kappa shape index (κ1) is 34.8. The Morgan fingerprint density at radius 2 is 1.82 bits per heavy atom. The van der Waals surface area contributed by atoms with Crippen molar-refractivity contribution in [3.8, 4) is 5.75 Å². The fourth-order valence-electron chi connectivity index (χ4n) is 8.40. The van der Waals surface area contributed by atoms with Gasteiger partial charge in [-0.15, -0.1) is 0 Å². The molecule has 1 spiro atoms. The Morgan fingerprint density at radius 3 is 2.47 bits per heavy atom. The van der Waals surface area contributed by atoms with E-state index in [1.54, 1.807) is 29.0 Å². The van der Waals surface area contributed by atoms with Gasteiger partial charge in [-0.3, -0.25) is 14.4 Å². The van der Waals surface area contributed by atoms with Crippen molar-refractivity contribution in [1.82, 2.24) is 4.90 Å². The number of carbonyl (C=O) groups excluding carboxylic acids is 3. The maximum Gasteiger partial charge on any atom is 0.264 e. The molecule has 0 unspecified atom stereocenters. The molecular formula is C38H47N3O7Si. The molecule has 0 aliphatic carbocycles. The lowest BCUT2D eigenvalue weighted by Crippen LogP contribution is -2.52. The van der Waals surface area contributed by atoms with E-state index in [2.05, 4.69) is 37.5 Å². The zero-order chi connectivity index (χ0) is 35.1. The molecule has 0 bridgehead atoms. The number of aliphatic hydroxyl groups excluding tert-OH is 2. The van der Waals surface area contributed by atoms with Gasteiger partial charge in [0.2, 0.25) is 5.91 Å². The highest BCUT2D eigenvalue weighted by atomic mass is 28.3. The number of hydrogen-bond acceptors (Lipinski definition) is 7. The van der Waals surface area contributed by atoms with Gasteiger partial charge < -0.3 is 34.8 Å². The second-order valence-electron chi connectivity index (χ2n) is 14.2. The minimum atomic E-state index is -2.51.